The van der Waals surface area contributed by atoms with Crippen LogP contribution >= 0.6 is 15.9 Å². The molecule has 2 heterocycles. The SMILES string of the molecule is CN1C(=O)c2ccccc2C12C(Br)C=NN2c1ccccc1. The van der Waals surface area contributed by atoms with E-state index in [1.54, 1.807) is 4.90 Å². The third-order valence-electron chi connectivity index (χ3n) is 4.39. The van der Waals surface area contributed by atoms with E-state index < -0.39 is 5.66 Å². The third-order valence-corrected chi connectivity index (χ3v) is 5.27. The number of carbonyl (C=O) groups excluding carboxylic acids is 1. The number of benzene rings is 2. The Kier molecular flexibility index (Phi) is 2.87. The number of fused-ring (bicyclic) bond motifs is 2. The Morgan fingerprint density at radius 1 is 1.09 bits per heavy atom. The molecule has 4 rings (SSSR count). The molecule has 2 atom stereocenters. The van der Waals surface area contributed by atoms with Gasteiger partial charge in [0.15, 0.2) is 5.66 Å². The van der Waals surface area contributed by atoms with Gasteiger partial charge >= 0.3 is 0 Å². The summed E-state index contributed by atoms with van der Waals surface area (Å²) >= 11 is 3.71. The molecule has 2 aliphatic heterocycles. The number of halogens is 1. The van der Waals surface area contributed by atoms with Crippen LogP contribution in [0.4, 0.5) is 5.69 Å². The van der Waals surface area contributed by atoms with Crippen LogP contribution in [0, 0.1) is 0 Å². The lowest BCUT2D eigenvalue weighted by atomic mass is 9.95. The Bertz CT molecular complexity index is 776. The number of amides is 1. The van der Waals surface area contributed by atoms with Gasteiger partial charge in [-0.15, -0.1) is 0 Å². The summed E-state index contributed by atoms with van der Waals surface area (Å²) in [5, 5.41) is 6.50. The fourth-order valence-electron chi connectivity index (χ4n) is 3.36. The van der Waals surface area contributed by atoms with Crippen LogP contribution < -0.4 is 5.01 Å². The summed E-state index contributed by atoms with van der Waals surface area (Å²) in [4.78, 5) is 14.4. The summed E-state index contributed by atoms with van der Waals surface area (Å²) in [5.74, 6) is 0.0199. The highest BCUT2D eigenvalue weighted by Gasteiger charge is 2.58. The Morgan fingerprint density at radius 3 is 2.55 bits per heavy atom. The first kappa shape index (κ1) is 13.5. The maximum Gasteiger partial charge on any atom is 0.256 e. The molecule has 2 unspecified atom stereocenters. The standard InChI is InChI=1S/C17H14BrN3O/c1-20-16(22)13-9-5-6-10-14(13)17(20)15(18)11-19-21(17)12-7-3-2-4-8-12/h2-11,15H,1H3. The maximum atomic E-state index is 12.7. The molecule has 0 aromatic heterocycles. The van der Waals surface area contributed by atoms with Crippen molar-refractivity contribution in [1.82, 2.24) is 4.90 Å². The van der Waals surface area contributed by atoms with Crippen LogP contribution in [0.15, 0.2) is 59.7 Å². The Hall–Kier alpha value is -2.14. The van der Waals surface area contributed by atoms with Gasteiger partial charge in [-0.3, -0.25) is 4.79 Å². The minimum atomic E-state index is -0.658. The highest BCUT2D eigenvalue weighted by Crippen LogP contribution is 2.49. The summed E-state index contributed by atoms with van der Waals surface area (Å²) in [5.41, 5.74) is 2.01. The number of para-hydroxylation sites is 1. The second-order valence-corrected chi connectivity index (χ2v) is 6.44. The van der Waals surface area contributed by atoms with Gasteiger partial charge in [-0.25, -0.2) is 5.01 Å². The number of nitrogens with zero attached hydrogens (tertiary/aromatic N) is 3. The number of carbonyl (C=O) groups is 1. The van der Waals surface area contributed by atoms with Crippen LogP contribution in [0.5, 0.6) is 0 Å². The topological polar surface area (TPSA) is 35.9 Å². The molecule has 2 aromatic rings. The molecule has 0 aliphatic carbocycles. The van der Waals surface area contributed by atoms with E-state index in [-0.39, 0.29) is 10.7 Å². The third kappa shape index (κ3) is 1.52. The van der Waals surface area contributed by atoms with Crippen molar-refractivity contribution in [2.45, 2.75) is 10.5 Å². The van der Waals surface area contributed by atoms with Crippen LogP contribution in [-0.4, -0.2) is 28.9 Å². The molecule has 1 spiro atoms. The average Bonchev–Trinajstić information content (AvgIpc) is 3.02. The van der Waals surface area contributed by atoms with Gasteiger partial charge in [-0.1, -0.05) is 52.3 Å². The van der Waals surface area contributed by atoms with Crippen molar-refractivity contribution in [2.24, 2.45) is 5.10 Å². The van der Waals surface area contributed by atoms with Crippen molar-refractivity contribution < 1.29 is 4.79 Å². The second-order valence-electron chi connectivity index (χ2n) is 5.45. The first-order chi connectivity index (χ1) is 10.7. The zero-order chi connectivity index (χ0) is 15.3. The monoisotopic (exact) mass is 355 g/mol. The van der Waals surface area contributed by atoms with E-state index >= 15 is 0 Å². The molecule has 2 aromatic carbocycles. The van der Waals surface area contributed by atoms with Gasteiger partial charge in [0, 0.05) is 24.4 Å². The van der Waals surface area contributed by atoms with Crippen LogP contribution in [0.3, 0.4) is 0 Å². The molecule has 0 saturated carbocycles. The van der Waals surface area contributed by atoms with Crippen LogP contribution in [0.1, 0.15) is 15.9 Å². The highest BCUT2D eigenvalue weighted by atomic mass is 79.9. The van der Waals surface area contributed by atoms with Crippen LogP contribution in [0.2, 0.25) is 0 Å². The lowest BCUT2D eigenvalue weighted by molar-refractivity contribution is 0.0660. The lowest BCUT2D eigenvalue weighted by Gasteiger charge is -2.42. The van der Waals surface area contributed by atoms with Crippen molar-refractivity contribution >= 4 is 33.7 Å². The van der Waals surface area contributed by atoms with E-state index in [9.17, 15) is 4.79 Å². The van der Waals surface area contributed by atoms with Gasteiger partial charge in [-0.05, 0) is 18.2 Å². The fourth-order valence-corrected chi connectivity index (χ4v) is 4.22. The molecule has 0 fully saturated rings. The molecular formula is C17H14BrN3O. The summed E-state index contributed by atoms with van der Waals surface area (Å²) in [6.07, 6.45) is 1.85. The van der Waals surface area contributed by atoms with Crippen molar-refractivity contribution in [3.8, 4) is 0 Å². The van der Waals surface area contributed by atoms with Crippen LogP contribution in [0.25, 0.3) is 0 Å². The Balaban J connectivity index is 1.97. The number of anilines is 1. The molecule has 5 heteroatoms. The van der Waals surface area contributed by atoms with Gasteiger partial charge in [0.05, 0.1) is 10.5 Å². The predicted molar refractivity (Wildman–Crippen MR) is 90.3 cm³/mol. The highest BCUT2D eigenvalue weighted by molar-refractivity contribution is 9.10. The molecule has 0 saturated heterocycles. The lowest BCUT2D eigenvalue weighted by Crippen LogP contribution is -2.55. The van der Waals surface area contributed by atoms with Gasteiger partial charge in [0.1, 0.15) is 0 Å². The van der Waals surface area contributed by atoms with E-state index in [1.165, 1.54) is 0 Å². The molecule has 4 nitrogen and oxygen atoms in total. The summed E-state index contributed by atoms with van der Waals surface area (Å²) in [6, 6.07) is 17.7. The van der Waals surface area contributed by atoms with Crippen LogP contribution in [-0.2, 0) is 5.66 Å². The number of rotatable bonds is 1. The van der Waals surface area contributed by atoms with E-state index in [1.807, 2.05) is 72.9 Å². The zero-order valence-electron chi connectivity index (χ0n) is 12.0. The van der Waals surface area contributed by atoms with Crippen molar-refractivity contribution in [2.75, 3.05) is 12.1 Å². The minimum absolute atomic E-state index is 0.0199. The first-order valence-electron chi connectivity index (χ1n) is 7.08. The van der Waals surface area contributed by atoms with E-state index in [2.05, 4.69) is 21.0 Å². The van der Waals surface area contributed by atoms with Crippen molar-refractivity contribution in [3.05, 3.63) is 65.7 Å². The van der Waals surface area contributed by atoms with Gasteiger partial charge < -0.3 is 4.90 Å². The largest absolute Gasteiger partial charge is 0.312 e. The molecular weight excluding hydrogens is 342 g/mol. The predicted octanol–water partition coefficient (Wildman–Crippen LogP) is 3.19. The average molecular weight is 356 g/mol. The maximum absolute atomic E-state index is 12.7. The molecule has 22 heavy (non-hydrogen) atoms. The van der Waals surface area contributed by atoms with E-state index in [4.69, 9.17) is 0 Å². The van der Waals surface area contributed by atoms with Gasteiger partial charge in [0.2, 0.25) is 0 Å². The first-order valence-corrected chi connectivity index (χ1v) is 8.00. The summed E-state index contributed by atoms with van der Waals surface area (Å²) in [7, 11) is 1.83. The normalized spacial score (nSPS) is 26.1. The summed E-state index contributed by atoms with van der Waals surface area (Å²) in [6.45, 7) is 0. The van der Waals surface area contributed by atoms with E-state index in [0.29, 0.717) is 0 Å². The zero-order valence-corrected chi connectivity index (χ0v) is 13.6. The number of hydrogen-bond donors (Lipinski definition) is 0. The number of alkyl halides is 1. The van der Waals surface area contributed by atoms with Gasteiger partial charge in [0.25, 0.3) is 5.91 Å². The quantitative estimate of drug-likeness (QED) is 0.736. The number of hydrogen-bond acceptors (Lipinski definition) is 3. The summed E-state index contributed by atoms with van der Waals surface area (Å²) < 4.78 is 0. The van der Waals surface area contributed by atoms with E-state index in [0.717, 1.165) is 16.8 Å². The van der Waals surface area contributed by atoms with Crippen molar-refractivity contribution in [3.63, 3.8) is 0 Å². The van der Waals surface area contributed by atoms with Gasteiger partial charge in [-0.2, -0.15) is 5.10 Å². The minimum Gasteiger partial charge on any atom is -0.312 e. The van der Waals surface area contributed by atoms with Crippen molar-refractivity contribution in [1.29, 1.82) is 0 Å². The second kappa shape index (κ2) is 4.68. The molecule has 110 valence electrons. The molecule has 0 radical (unpaired) electrons. The molecule has 1 amide bonds. The Morgan fingerprint density at radius 2 is 1.77 bits per heavy atom. The Labute approximate surface area is 137 Å². The smallest absolute Gasteiger partial charge is 0.256 e. The molecule has 2 aliphatic rings. The molecule has 0 N–H and O–H groups in total. The molecule has 0 bridgehead atoms. The number of hydrazone groups is 1. The fraction of sp³-hybridized carbons (Fsp3) is 0.176.